The van der Waals surface area contributed by atoms with Gasteiger partial charge in [0.1, 0.15) is 5.75 Å². The number of carbonyl (C=O) groups is 3. The van der Waals surface area contributed by atoms with Gasteiger partial charge in [-0.25, -0.2) is 0 Å². The monoisotopic (exact) mass is 613 g/mol. The van der Waals surface area contributed by atoms with Crippen molar-refractivity contribution in [2.24, 2.45) is 17.6 Å². The molecule has 1 saturated heterocycles. The van der Waals surface area contributed by atoms with Crippen LogP contribution in [-0.4, -0.2) is 58.9 Å². The number of ether oxygens (including phenoxy) is 1. The summed E-state index contributed by atoms with van der Waals surface area (Å²) < 4.78 is 5.89. The second-order valence-corrected chi connectivity index (χ2v) is 12.5. The SMILES string of the molecule is Cc1cccc(C)c1OCC(=O)N[C@@H](C(N)c1ccccc1)[C@@H](O)C[C@H](Cc1ccccc1)C(=O)C(C(C)C)N1CCCC1=O. The second-order valence-electron chi connectivity index (χ2n) is 12.5. The van der Waals surface area contributed by atoms with Crippen LogP contribution < -0.4 is 15.8 Å². The topological polar surface area (TPSA) is 122 Å². The molecule has 0 bridgehead atoms. The number of benzene rings is 3. The van der Waals surface area contributed by atoms with Crippen LogP contribution in [0.3, 0.4) is 0 Å². The number of nitrogens with zero attached hydrogens (tertiary/aromatic N) is 1. The highest BCUT2D eigenvalue weighted by Crippen LogP contribution is 2.29. The number of hydrogen-bond acceptors (Lipinski definition) is 6. The molecule has 8 heteroatoms. The predicted octanol–water partition coefficient (Wildman–Crippen LogP) is 4.69. The third-order valence-corrected chi connectivity index (χ3v) is 8.69. The van der Waals surface area contributed by atoms with Crippen molar-refractivity contribution in [3.05, 3.63) is 101 Å². The molecule has 2 amide bonds. The number of hydrogen-bond donors (Lipinski definition) is 3. The maximum atomic E-state index is 14.3. The Hall–Kier alpha value is -4.01. The van der Waals surface area contributed by atoms with E-state index in [4.69, 9.17) is 10.5 Å². The Balaban J connectivity index is 1.60. The van der Waals surface area contributed by atoms with Crippen molar-refractivity contribution in [1.82, 2.24) is 10.2 Å². The van der Waals surface area contributed by atoms with E-state index in [-0.39, 0.29) is 30.6 Å². The van der Waals surface area contributed by atoms with Crippen molar-refractivity contribution in [3.63, 3.8) is 0 Å². The van der Waals surface area contributed by atoms with Gasteiger partial charge in [0, 0.05) is 18.9 Å². The van der Waals surface area contributed by atoms with Crippen molar-refractivity contribution in [3.8, 4) is 5.75 Å². The van der Waals surface area contributed by atoms with Crippen LogP contribution in [0.4, 0.5) is 0 Å². The van der Waals surface area contributed by atoms with Crippen LogP contribution in [0.25, 0.3) is 0 Å². The molecule has 8 nitrogen and oxygen atoms in total. The van der Waals surface area contributed by atoms with E-state index in [2.05, 4.69) is 5.32 Å². The number of aliphatic hydroxyl groups excluding tert-OH is 1. The van der Waals surface area contributed by atoms with E-state index in [1.165, 1.54) is 0 Å². The number of amides is 2. The summed E-state index contributed by atoms with van der Waals surface area (Å²) >= 11 is 0. The molecular weight excluding hydrogens is 566 g/mol. The predicted molar refractivity (Wildman–Crippen MR) is 176 cm³/mol. The molecule has 0 aromatic heterocycles. The molecule has 1 aliphatic heterocycles. The molecule has 4 N–H and O–H groups in total. The highest BCUT2D eigenvalue weighted by Gasteiger charge is 2.40. The van der Waals surface area contributed by atoms with Gasteiger partial charge in [-0.2, -0.15) is 0 Å². The van der Waals surface area contributed by atoms with Gasteiger partial charge in [-0.3, -0.25) is 14.4 Å². The van der Waals surface area contributed by atoms with Crippen molar-refractivity contribution < 1.29 is 24.2 Å². The number of nitrogens with one attached hydrogen (secondary N) is 1. The molecule has 3 aromatic carbocycles. The van der Waals surface area contributed by atoms with E-state index in [1.54, 1.807) is 4.90 Å². The van der Waals surface area contributed by atoms with Crippen LogP contribution in [0.2, 0.25) is 0 Å². The average molecular weight is 614 g/mol. The fourth-order valence-corrected chi connectivity index (χ4v) is 6.38. The Morgan fingerprint density at radius 2 is 1.58 bits per heavy atom. The zero-order chi connectivity index (χ0) is 32.5. The minimum absolute atomic E-state index is 0.0128. The Labute approximate surface area is 267 Å². The fraction of sp³-hybridized carbons (Fsp3) is 0.432. The zero-order valence-electron chi connectivity index (χ0n) is 26.8. The highest BCUT2D eigenvalue weighted by molar-refractivity contribution is 5.91. The molecule has 1 fully saturated rings. The number of carbonyl (C=O) groups excluding carboxylic acids is 3. The molecule has 1 heterocycles. The van der Waals surface area contributed by atoms with Gasteiger partial charge in [-0.1, -0.05) is 92.7 Å². The molecule has 2 unspecified atom stereocenters. The number of aryl methyl sites for hydroxylation is 2. The number of Topliss-reactive ketones (excluding diaryl/α,β-unsaturated/α-hetero) is 1. The number of ketones is 1. The Kier molecular flexibility index (Phi) is 11.9. The van der Waals surface area contributed by atoms with Gasteiger partial charge < -0.3 is 25.8 Å². The molecule has 0 radical (unpaired) electrons. The summed E-state index contributed by atoms with van der Waals surface area (Å²) in [5.74, 6) is -0.597. The molecule has 3 aromatic rings. The lowest BCUT2D eigenvalue weighted by atomic mass is 9.81. The van der Waals surface area contributed by atoms with Gasteiger partial charge in [0.05, 0.1) is 24.2 Å². The molecule has 4 rings (SSSR count). The minimum Gasteiger partial charge on any atom is -0.483 e. The first-order valence-electron chi connectivity index (χ1n) is 15.9. The van der Waals surface area contributed by atoms with Crippen LogP contribution in [0.1, 0.15) is 61.4 Å². The van der Waals surface area contributed by atoms with Crippen molar-refractivity contribution >= 4 is 17.6 Å². The summed E-state index contributed by atoms with van der Waals surface area (Å²) in [4.78, 5) is 42.1. The number of nitrogens with two attached hydrogens (primary N) is 1. The first-order chi connectivity index (χ1) is 21.6. The molecule has 1 aliphatic rings. The maximum Gasteiger partial charge on any atom is 0.258 e. The number of para-hydroxylation sites is 1. The maximum absolute atomic E-state index is 14.3. The third kappa shape index (κ3) is 8.80. The minimum atomic E-state index is -1.16. The number of rotatable bonds is 15. The molecule has 45 heavy (non-hydrogen) atoms. The van der Waals surface area contributed by atoms with Gasteiger partial charge in [0.15, 0.2) is 12.4 Å². The molecule has 0 spiro atoms. The fourth-order valence-electron chi connectivity index (χ4n) is 6.38. The summed E-state index contributed by atoms with van der Waals surface area (Å²) in [6, 6.07) is 22.5. The Morgan fingerprint density at radius 3 is 2.16 bits per heavy atom. The number of likely N-dealkylation sites (tertiary alicyclic amines) is 1. The average Bonchev–Trinajstić information content (AvgIpc) is 3.44. The van der Waals surface area contributed by atoms with E-state index in [1.807, 2.05) is 107 Å². The van der Waals surface area contributed by atoms with E-state index in [0.29, 0.717) is 25.1 Å². The van der Waals surface area contributed by atoms with Crippen LogP contribution in [0.15, 0.2) is 78.9 Å². The molecule has 0 saturated carbocycles. The van der Waals surface area contributed by atoms with Gasteiger partial charge in [-0.15, -0.1) is 0 Å². The van der Waals surface area contributed by atoms with Crippen molar-refractivity contribution in [2.75, 3.05) is 13.2 Å². The lowest BCUT2D eigenvalue weighted by Crippen LogP contribution is -2.53. The number of aliphatic hydroxyl groups is 1. The molecule has 0 aliphatic carbocycles. The van der Waals surface area contributed by atoms with E-state index in [0.717, 1.165) is 28.7 Å². The van der Waals surface area contributed by atoms with Gasteiger partial charge in [0.2, 0.25) is 5.91 Å². The van der Waals surface area contributed by atoms with E-state index in [9.17, 15) is 19.5 Å². The smallest absolute Gasteiger partial charge is 0.258 e. The lowest BCUT2D eigenvalue weighted by molar-refractivity contribution is -0.140. The summed E-state index contributed by atoms with van der Waals surface area (Å²) in [5.41, 5.74) is 10.2. The quantitative estimate of drug-likeness (QED) is 0.229. The summed E-state index contributed by atoms with van der Waals surface area (Å²) in [5, 5.41) is 14.8. The summed E-state index contributed by atoms with van der Waals surface area (Å²) in [6.07, 6.45) is 0.447. The van der Waals surface area contributed by atoms with Gasteiger partial charge >= 0.3 is 0 Å². The van der Waals surface area contributed by atoms with Crippen LogP contribution in [-0.2, 0) is 20.8 Å². The van der Waals surface area contributed by atoms with Crippen LogP contribution in [0, 0.1) is 25.7 Å². The first-order valence-corrected chi connectivity index (χ1v) is 15.9. The zero-order valence-corrected chi connectivity index (χ0v) is 26.8. The molecular formula is C37H47N3O5. The standard InChI is InChI=1S/C37H47N3O5/c1-24(2)35(40-20-12-19-32(40)43)36(44)29(21-27-15-7-5-8-16-27)22-30(41)34(33(38)28-17-9-6-10-18-28)39-31(42)23-45-37-25(3)13-11-14-26(37)4/h5-11,13-18,24,29-30,33-35,41H,12,19-23,38H2,1-4H3,(H,39,42)/t29-,30-,33?,34+,35?/m0/s1. The van der Waals surface area contributed by atoms with Crippen LogP contribution >= 0.6 is 0 Å². The van der Waals surface area contributed by atoms with Crippen LogP contribution in [0.5, 0.6) is 5.75 Å². The molecule has 240 valence electrons. The first kappa shape index (κ1) is 33.9. The van der Waals surface area contributed by atoms with Crippen molar-refractivity contribution in [1.29, 1.82) is 0 Å². The van der Waals surface area contributed by atoms with Gasteiger partial charge in [-0.05, 0) is 61.3 Å². The van der Waals surface area contributed by atoms with E-state index >= 15 is 0 Å². The summed E-state index contributed by atoms with van der Waals surface area (Å²) in [6.45, 7) is 8.04. The third-order valence-electron chi connectivity index (χ3n) is 8.69. The normalized spacial score (nSPS) is 16.6. The Bertz CT molecular complexity index is 1410. The van der Waals surface area contributed by atoms with Gasteiger partial charge in [0.25, 0.3) is 5.91 Å². The highest BCUT2D eigenvalue weighted by atomic mass is 16.5. The molecule has 5 atom stereocenters. The largest absolute Gasteiger partial charge is 0.483 e. The van der Waals surface area contributed by atoms with E-state index < -0.39 is 36.1 Å². The lowest BCUT2D eigenvalue weighted by Gasteiger charge is -2.35. The Morgan fingerprint density at radius 1 is 0.956 bits per heavy atom. The second kappa shape index (κ2) is 15.8. The van der Waals surface area contributed by atoms with Crippen molar-refractivity contribution in [2.45, 2.75) is 77.6 Å². The summed E-state index contributed by atoms with van der Waals surface area (Å²) in [7, 11) is 0.